The number of carboxylic acids is 1. The first-order chi connectivity index (χ1) is 9.75. The third-order valence-electron chi connectivity index (χ3n) is 3.09. The summed E-state index contributed by atoms with van der Waals surface area (Å²) < 4.78 is 0. The first kappa shape index (κ1) is 14.7. The summed E-state index contributed by atoms with van der Waals surface area (Å²) in [6.45, 7) is 0. The molecule has 3 heteroatoms. The summed E-state index contributed by atoms with van der Waals surface area (Å²) in [5.41, 5.74) is 2.33. The number of hydrogen-bond acceptors (Lipinski definition) is 2. The Morgan fingerprint density at radius 1 is 0.950 bits per heavy atom. The maximum absolute atomic E-state index is 11.3. The summed E-state index contributed by atoms with van der Waals surface area (Å²) in [6, 6.07) is 20.0. The second-order valence-electron chi connectivity index (χ2n) is 4.62. The topological polar surface area (TPSA) is 37.3 Å². The van der Waals surface area contributed by atoms with Crippen molar-refractivity contribution in [2.75, 3.05) is 5.75 Å². The Morgan fingerprint density at radius 3 is 2.05 bits per heavy atom. The van der Waals surface area contributed by atoms with E-state index in [1.165, 1.54) is 17.3 Å². The molecule has 0 aliphatic heterocycles. The van der Waals surface area contributed by atoms with E-state index in [0.717, 1.165) is 17.7 Å². The molecule has 0 aliphatic carbocycles. The van der Waals surface area contributed by atoms with Crippen LogP contribution in [0.2, 0.25) is 0 Å². The van der Waals surface area contributed by atoms with Crippen molar-refractivity contribution in [1.29, 1.82) is 0 Å². The maximum Gasteiger partial charge on any atom is 0.316 e. The molecule has 0 heterocycles. The molecule has 2 aromatic rings. The van der Waals surface area contributed by atoms with E-state index < -0.39 is 5.97 Å². The molecule has 1 N–H and O–H groups in total. The van der Waals surface area contributed by atoms with Gasteiger partial charge in [-0.3, -0.25) is 4.79 Å². The number of carbonyl (C=O) groups is 1. The standard InChI is InChI=1S/C17H18O2S/c18-17(19)16(13-15-9-5-2-6-10-15)20-12-11-14-7-3-1-4-8-14/h1-10,16H,11-13H2,(H,18,19). The van der Waals surface area contributed by atoms with Crippen LogP contribution < -0.4 is 0 Å². The molecule has 0 saturated carbocycles. The largest absolute Gasteiger partial charge is 0.480 e. The highest BCUT2D eigenvalue weighted by atomic mass is 32.2. The Balaban J connectivity index is 1.85. The van der Waals surface area contributed by atoms with Crippen molar-refractivity contribution in [2.45, 2.75) is 18.1 Å². The molecule has 0 amide bonds. The van der Waals surface area contributed by atoms with E-state index in [0.29, 0.717) is 6.42 Å². The number of benzene rings is 2. The van der Waals surface area contributed by atoms with Crippen LogP contribution in [0.25, 0.3) is 0 Å². The molecule has 2 aromatic carbocycles. The molecule has 20 heavy (non-hydrogen) atoms. The molecule has 1 unspecified atom stereocenters. The van der Waals surface area contributed by atoms with E-state index in [4.69, 9.17) is 0 Å². The monoisotopic (exact) mass is 286 g/mol. The number of thioether (sulfide) groups is 1. The number of aryl methyl sites for hydroxylation is 1. The summed E-state index contributed by atoms with van der Waals surface area (Å²) in [7, 11) is 0. The van der Waals surface area contributed by atoms with Crippen LogP contribution in [0.3, 0.4) is 0 Å². The van der Waals surface area contributed by atoms with E-state index in [2.05, 4.69) is 12.1 Å². The molecule has 0 aliphatic rings. The quantitative estimate of drug-likeness (QED) is 0.844. The van der Waals surface area contributed by atoms with Gasteiger partial charge in [0, 0.05) is 0 Å². The van der Waals surface area contributed by atoms with Crippen LogP contribution in [0.5, 0.6) is 0 Å². The predicted molar refractivity (Wildman–Crippen MR) is 84.2 cm³/mol. The van der Waals surface area contributed by atoms with Crippen LogP contribution in [-0.4, -0.2) is 22.1 Å². The van der Waals surface area contributed by atoms with Gasteiger partial charge in [0.15, 0.2) is 0 Å². The highest BCUT2D eigenvalue weighted by molar-refractivity contribution is 8.00. The van der Waals surface area contributed by atoms with Crippen molar-refractivity contribution in [1.82, 2.24) is 0 Å². The van der Waals surface area contributed by atoms with E-state index >= 15 is 0 Å². The average molecular weight is 286 g/mol. The minimum atomic E-state index is -0.730. The zero-order chi connectivity index (χ0) is 14.2. The Morgan fingerprint density at radius 2 is 1.50 bits per heavy atom. The van der Waals surface area contributed by atoms with Crippen molar-refractivity contribution in [3.63, 3.8) is 0 Å². The Bertz CT molecular complexity index is 525. The second-order valence-corrected chi connectivity index (χ2v) is 5.93. The van der Waals surface area contributed by atoms with Gasteiger partial charge in [-0.05, 0) is 29.7 Å². The minimum Gasteiger partial charge on any atom is -0.480 e. The smallest absolute Gasteiger partial charge is 0.316 e. The third-order valence-corrected chi connectivity index (χ3v) is 4.30. The lowest BCUT2D eigenvalue weighted by molar-refractivity contribution is -0.136. The van der Waals surface area contributed by atoms with Gasteiger partial charge < -0.3 is 5.11 Å². The van der Waals surface area contributed by atoms with Crippen molar-refractivity contribution in [3.05, 3.63) is 71.8 Å². The number of hydrogen-bond donors (Lipinski definition) is 1. The van der Waals surface area contributed by atoms with Crippen LogP contribution in [0.4, 0.5) is 0 Å². The molecule has 0 saturated heterocycles. The first-order valence-corrected chi connectivity index (χ1v) is 7.73. The summed E-state index contributed by atoms with van der Waals surface area (Å²) in [6.07, 6.45) is 1.49. The van der Waals surface area contributed by atoms with Gasteiger partial charge in [-0.25, -0.2) is 0 Å². The van der Waals surface area contributed by atoms with Gasteiger partial charge in [0.05, 0.1) is 0 Å². The SMILES string of the molecule is O=C(O)C(Cc1ccccc1)SCCc1ccccc1. The zero-order valence-electron chi connectivity index (χ0n) is 11.2. The van der Waals surface area contributed by atoms with Gasteiger partial charge >= 0.3 is 5.97 Å². The first-order valence-electron chi connectivity index (χ1n) is 6.68. The second kappa shape index (κ2) is 7.75. The van der Waals surface area contributed by atoms with Gasteiger partial charge in [-0.1, -0.05) is 60.7 Å². The van der Waals surface area contributed by atoms with Gasteiger partial charge in [0.1, 0.15) is 5.25 Å². The molecule has 104 valence electrons. The van der Waals surface area contributed by atoms with Gasteiger partial charge in [0.2, 0.25) is 0 Å². The van der Waals surface area contributed by atoms with Crippen LogP contribution >= 0.6 is 11.8 Å². The fraction of sp³-hybridized carbons (Fsp3) is 0.235. The molecule has 0 fully saturated rings. The Kier molecular flexibility index (Phi) is 5.69. The maximum atomic E-state index is 11.3. The van der Waals surface area contributed by atoms with Gasteiger partial charge in [-0.15, -0.1) is 11.8 Å². The molecular weight excluding hydrogens is 268 g/mol. The van der Waals surface area contributed by atoms with Crippen LogP contribution in [0.15, 0.2) is 60.7 Å². The van der Waals surface area contributed by atoms with E-state index in [1.807, 2.05) is 48.5 Å². The highest BCUT2D eigenvalue weighted by Gasteiger charge is 2.18. The fourth-order valence-electron chi connectivity index (χ4n) is 2.01. The molecule has 0 radical (unpaired) electrons. The molecule has 0 aromatic heterocycles. The van der Waals surface area contributed by atoms with E-state index in [-0.39, 0.29) is 5.25 Å². The minimum absolute atomic E-state index is 0.374. The summed E-state index contributed by atoms with van der Waals surface area (Å²) in [4.78, 5) is 11.3. The van der Waals surface area contributed by atoms with Crippen LogP contribution in [-0.2, 0) is 17.6 Å². The Labute approximate surface area is 123 Å². The Hall–Kier alpha value is -1.74. The molecule has 2 nitrogen and oxygen atoms in total. The lowest BCUT2D eigenvalue weighted by Gasteiger charge is -2.12. The van der Waals surface area contributed by atoms with E-state index in [1.54, 1.807) is 0 Å². The third kappa shape index (κ3) is 4.74. The lowest BCUT2D eigenvalue weighted by Crippen LogP contribution is -2.20. The summed E-state index contributed by atoms with van der Waals surface area (Å²) >= 11 is 1.52. The van der Waals surface area contributed by atoms with Crippen molar-refractivity contribution in [2.24, 2.45) is 0 Å². The summed E-state index contributed by atoms with van der Waals surface area (Å²) in [5, 5.41) is 8.94. The van der Waals surface area contributed by atoms with Gasteiger partial charge in [0.25, 0.3) is 0 Å². The van der Waals surface area contributed by atoms with Crippen molar-refractivity contribution >= 4 is 17.7 Å². The highest BCUT2D eigenvalue weighted by Crippen LogP contribution is 2.18. The fourth-order valence-corrected chi connectivity index (χ4v) is 3.10. The van der Waals surface area contributed by atoms with Crippen molar-refractivity contribution < 1.29 is 9.90 Å². The summed E-state index contributed by atoms with van der Waals surface area (Å²) in [5.74, 6) is 0.0975. The van der Waals surface area contributed by atoms with Crippen LogP contribution in [0, 0.1) is 0 Å². The average Bonchev–Trinajstić information content (AvgIpc) is 2.48. The van der Waals surface area contributed by atoms with Crippen LogP contribution in [0.1, 0.15) is 11.1 Å². The number of aliphatic carboxylic acids is 1. The number of carboxylic acid groups (broad SMARTS) is 1. The molecule has 0 spiro atoms. The molecular formula is C17H18O2S. The zero-order valence-corrected chi connectivity index (χ0v) is 12.1. The molecule has 1 atom stereocenters. The van der Waals surface area contributed by atoms with E-state index in [9.17, 15) is 9.90 Å². The predicted octanol–water partition coefficient (Wildman–Crippen LogP) is 3.66. The van der Waals surface area contributed by atoms with Gasteiger partial charge in [-0.2, -0.15) is 0 Å². The molecule has 2 rings (SSSR count). The van der Waals surface area contributed by atoms with Crippen molar-refractivity contribution in [3.8, 4) is 0 Å². The number of rotatable bonds is 7. The lowest BCUT2D eigenvalue weighted by atomic mass is 10.1. The normalized spacial score (nSPS) is 12.0. The molecule has 0 bridgehead atoms.